The lowest BCUT2D eigenvalue weighted by Gasteiger charge is -2.23. The number of likely N-dealkylation sites (N-methyl/N-ethyl adjacent to an activating group) is 1. The summed E-state index contributed by atoms with van der Waals surface area (Å²) in [6, 6.07) is 7.76. The molecular weight excluding hydrogens is 218 g/mol. The molecule has 1 aliphatic rings. The minimum Gasteiger partial charge on any atom is -0.316 e. The summed E-state index contributed by atoms with van der Waals surface area (Å²) in [5.74, 6) is 0.758. The highest BCUT2D eigenvalue weighted by Crippen LogP contribution is 2.24. The van der Waals surface area contributed by atoms with Crippen LogP contribution in [0, 0.1) is 5.92 Å². The summed E-state index contributed by atoms with van der Waals surface area (Å²) in [5.41, 5.74) is 4.70. The van der Waals surface area contributed by atoms with Gasteiger partial charge in [0.2, 0.25) is 0 Å². The van der Waals surface area contributed by atoms with Gasteiger partial charge in [-0.2, -0.15) is 0 Å². The number of hydrogen-bond donors (Lipinski definition) is 1. The van der Waals surface area contributed by atoms with Crippen LogP contribution in [0.1, 0.15) is 49.8 Å². The zero-order chi connectivity index (χ0) is 13.0. The van der Waals surface area contributed by atoms with Gasteiger partial charge in [0, 0.05) is 6.04 Å². The Morgan fingerprint density at radius 1 is 1.22 bits per heavy atom. The normalized spacial score (nSPS) is 17.5. The minimum absolute atomic E-state index is 0.615. The molecule has 0 bridgehead atoms. The summed E-state index contributed by atoms with van der Waals surface area (Å²) < 4.78 is 0. The Hall–Kier alpha value is -0.820. The van der Waals surface area contributed by atoms with Gasteiger partial charge < -0.3 is 5.32 Å². The average Bonchev–Trinajstić information content (AvgIpc) is 2.83. The number of hydrogen-bond acceptors (Lipinski definition) is 1. The quantitative estimate of drug-likeness (QED) is 0.805. The standard InChI is InChI=1S/C17H27N/c1-4-6-13(2)17(18-3)12-14-9-10-15-7-5-8-16(15)11-14/h9-11,13,17-18H,4-8,12H2,1-3H3. The zero-order valence-corrected chi connectivity index (χ0v) is 12.1. The predicted molar refractivity (Wildman–Crippen MR) is 79.1 cm³/mol. The van der Waals surface area contributed by atoms with Crippen LogP contribution in [0.25, 0.3) is 0 Å². The van der Waals surface area contributed by atoms with Crippen molar-refractivity contribution in [1.82, 2.24) is 5.32 Å². The van der Waals surface area contributed by atoms with Crippen molar-refractivity contribution in [2.24, 2.45) is 5.92 Å². The van der Waals surface area contributed by atoms with E-state index in [9.17, 15) is 0 Å². The molecule has 0 spiro atoms. The third-order valence-electron chi connectivity index (χ3n) is 4.42. The third kappa shape index (κ3) is 3.14. The smallest absolute Gasteiger partial charge is 0.0130 e. The summed E-state index contributed by atoms with van der Waals surface area (Å²) in [6.07, 6.45) is 7.70. The van der Waals surface area contributed by atoms with Gasteiger partial charge in [0.1, 0.15) is 0 Å². The lowest BCUT2D eigenvalue weighted by molar-refractivity contribution is 0.371. The number of benzene rings is 1. The molecule has 1 aliphatic carbocycles. The van der Waals surface area contributed by atoms with E-state index in [1.807, 2.05) is 0 Å². The zero-order valence-electron chi connectivity index (χ0n) is 12.1. The average molecular weight is 245 g/mol. The van der Waals surface area contributed by atoms with Crippen LogP contribution in [0.5, 0.6) is 0 Å². The van der Waals surface area contributed by atoms with Crippen LogP contribution < -0.4 is 5.32 Å². The molecule has 0 aromatic heterocycles. The summed E-state index contributed by atoms with van der Waals surface area (Å²) in [4.78, 5) is 0. The summed E-state index contributed by atoms with van der Waals surface area (Å²) >= 11 is 0. The van der Waals surface area contributed by atoms with E-state index in [0.29, 0.717) is 6.04 Å². The lowest BCUT2D eigenvalue weighted by atomic mass is 9.91. The van der Waals surface area contributed by atoms with Crippen molar-refractivity contribution in [3.8, 4) is 0 Å². The van der Waals surface area contributed by atoms with Crippen molar-refractivity contribution in [3.63, 3.8) is 0 Å². The van der Waals surface area contributed by atoms with Crippen LogP contribution in [-0.2, 0) is 19.3 Å². The van der Waals surface area contributed by atoms with E-state index in [2.05, 4.69) is 44.4 Å². The third-order valence-corrected chi connectivity index (χ3v) is 4.42. The monoisotopic (exact) mass is 245 g/mol. The van der Waals surface area contributed by atoms with Crippen molar-refractivity contribution in [3.05, 3.63) is 34.9 Å². The van der Waals surface area contributed by atoms with Gasteiger partial charge in [-0.25, -0.2) is 0 Å². The molecule has 0 amide bonds. The van der Waals surface area contributed by atoms with Crippen molar-refractivity contribution < 1.29 is 0 Å². The summed E-state index contributed by atoms with van der Waals surface area (Å²) in [5, 5.41) is 3.50. The number of aryl methyl sites for hydroxylation is 2. The highest BCUT2D eigenvalue weighted by Gasteiger charge is 2.17. The summed E-state index contributed by atoms with van der Waals surface area (Å²) in [6.45, 7) is 4.65. The fourth-order valence-electron chi connectivity index (χ4n) is 3.25. The van der Waals surface area contributed by atoms with Crippen molar-refractivity contribution >= 4 is 0 Å². The lowest BCUT2D eigenvalue weighted by Crippen LogP contribution is -2.34. The van der Waals surface area contributed by atoms with Crippen molar-refractivity contribution in [2.45, 2.75) is 58.4 Å². The van der Waals surface area contributed by atoms with Gasteiger partial charge >= 0.3 is 0 Å². The van der Waals surface area contributed by atoms with E-state index in [1.54, 1.807) is 11.1 Å². The number of rotatable bonds is 6. The van der Waals surface area contributed by atoms with Crippen LogP contribution in [0.15, 0.2) is 18.2 Å². The molecule has 0 radical (unpaired) electrons. The largest absolute Gasteiger partial charge is 0.316 e. The Morgan fingerprint density at radius 2 is 2.00 bits per heavy atom. The maximum atomic E-state index is 3.50. The Bertz CT molecular complexity index is 383. The van der Waals surface area contributed by atoms with E-state index in [4.69, 9.17) is 0 Å². The van der Waals surface area contributed by atoms with Crippen molar-refractivity contribution in [2.75, 3.05) is 7.05 Å². The van der Waals surface area contributed by atoms with Crippen LogP contribution in [0.3, 0.4) is 0 Å². The second-order valence-corrected chi connectivity index (χ2v) is 5.82. The minimum atomic E-state index is 0.615. The van der Waals surface area contributed by atoms with E-state index < -0.39 is 0 Å². The molecule has 2 unspecified atom stereocenters. The molecule has 0 saturated carbocycles. The van der Waals surface area contributed by atoms with Gasteiger partial charge in [-0.15, -0.1) is 0 Å². The van der Waals surface area contributed by atoms with Gasteiger partial charge in [-0.05, 0) is 61.8 Å². The molecular formula is C17H27N. The van der Waals surface area contributed by atoms with Crippen LogP contribution >= 0.6 is 0 Å². The Labute approximate surface area is 112 Å². The highest BCUT2D eigenvalue weighted by molar-refractivity contribution is 5.35. The molecule has 100 valence electrons. The molecule has 1 aromatic carbocycles. The fraction of sp³-hybridized carbons (Fsp3) is 0.647. The first-order valence-corrected chi connectivity index (χ1v) is 7.52. The van der Waals surface area contributed by atoms with E-state index in [1.165, 1.54) is 44.1 Å². The van der Waals surface area contributed by atoms with Gasteiger partial charge in [-0.1, -0.05) is 38.5 Å². The second-order valence-electron chi connectivity index (χ2n) is 5.82. The molecule has 2 rings (SSSR count). The van der Waals surface area contributed by atoms with Gasteiger partial charge in [0.15, 0.2) is 0 Å². The second kappa shape index (κ2) is 6.38. The number of nitrogens with one attached hydrogen (secondary N) is 1. The van der Waals surface area contributed by atoms with Crippen molar-refractivity contribution in [1.29, 1.82) is 0 Å². The first-order chi connectivity index (χ1) is 8.74. The fourth-order valence-corrected chi connectivity index (χ4v) is 3.25. The molecule has 2 atom stereocenters. The van der Waals surface area contributed by atoms with Gasteiger partial charge in [-0.3, -0.25) is 0 Å². The molecule has 0 fully saturated rings. The molecule has 1 aromatic rings. The Kier molecular flexibility index (Phi) is 4.82. The summed E-state index contributed by atoms with van der Waals surface area (Å²) in [7, 11) is 2.10. The van der Waals surface area contributed by atoms with Crippen LogP contribution in [-0.4, -0.2) is 13.1 Å². The molecule has 0 heterocycles. The van der Waals surface area contributed by atoms with Gasteiger partial charge in [0.25, 0.3) is 0 Å². The molecule has 18 heavy (non-hydrogen) atoms. The maximum Gasteiger partial charge on any atom is 0.0130 e. The van der Waals surface area contributed by atoms with Gasteiger partial charge in [0.05, 0.1) is 0 Å². The first kappa shape index (κ1) is 13.6. The van der Waals surface area contributed by atoms with E-state index >= 15 is 0 Å². The van der Waals surface area contributed by atoms with E-state index in [-0.39, 0.29) is 0 Å². The van der Waals surface area contributed by atoms with E-state index in [0.717, 1.165) is 5.92 Å². The first-order valence-electron chi connectivity index (χ1n) is 7.52. The SMILES string of the molecule is CCCC(C)C(Cc1ccc2c(c1)CCC2)NC. The van der Waals surface area contributed by atoms with Crippen LogP contribution in [0.4, 0.5) is 0 Å². The predicted octanol–water partition coefficient (Wildman–Crippen LogP) is 3.74. The van der Waals surface area contributed by atoms with Crippen LogP contribution in [0.2, 0.25) is 0 Å². The molecule has 1 nitrogen and oxygen atoms in total. The molecule has 0 aliphatic heterocycles. The molecule has 1 N–H and O–H groups in total. The maximum absolute atomic E-state index is 3.50. The molecule has 0 saturated heterocycles. The molecule has 1 heteroatoms. The highest BCUT2D eigenvalue weighted by atomic mass is 14.9. The number of fused-ring (bicyclic) bond motifs is 1. The topological polar surface area (TPSA) is 12.0 Å². The Balaban J connectivity index is 2.03. The Morgan fingerprint density at radius 3 is 2.72 bits per heavy atom.